The van der Waals surface area contributed by atoms with Crippen LogP contribution in [0.5, 0.6) is 0 Å². The van der Waals surface area contributed by atoms with E-state index in [2.05, 4.69) is 52.9 Å². The number of rotatable bonds is 4. The Morgan fingerprint density at radius 1 is 1.14 bits per heavy atom. The van der Waals surface area contributed by atoms with Gasteiger partial charge in [-0.05, 0) is 37.8 Å². The minimum atomic E-state index is 1.02. The lowest BCUT2D eigenvalue weighted by Gasteiger charge is -2.03. The molecule has 3 nitrogen and oxygen atoms in total. The van der Waals surface area contributed by atoms with Crippen LogP contribution in [0.1, 0.15) is 28.9 Å². The van der Waals surface area contributed by atoms with Crippen molar-refractivity contribution >= 4 is 10.9 Å². The van der Waals surface area contributed by atoms with E-state index in [4.69, 9.17) is 0 Å². The Morgan fingerprint density at radius 2 is 2.00 bits per heavy atom. The van der Waals surface area contributed by atoms with Crippen molar-refractivity contribution in [3.05, 3.63) is 59.0 Å². The monoisotopic (exact) mass is 280 g/mol. The van der Waals surface area contributed by atoms with Crippen LogP contribution in [0.3, 0.4) is 0 Å². The summed E-state index contributed by atoms with van der Waals surface area (Å²) in [5.74, 6) is 0. The van der Waals surface area contributed by atoms with Crippen molar-refractivity contribution in [1.29, 1.82) is 0 Å². The number of hydrogen-bond acceptors (Lipinski definition) is 1. The SMILES string of the molecule is Cc1cccc(CCCc2nccc3[nH][n+](C)c(C)c23)c1. The van der Waals surface area contributed by atoms with Gasteiger partial charge in [-0.2, -0.15) is 5.10 Å². The Balaban J connectivity index is 1.76. The Bertz CT molecular complexity index is 771. The van der Waals surface area contributed by atoms with Gasteiger partial charge in [0.2, 0.25) is 5.69 Å². The Kier molecular flexibility index (Phi) is 3.74. The smallest absolute Gasteiger partial charge is 0.214 e. The number of aryl methyl sites for hydroxylation is 5. The van der Waals surface area contributed by atoms with Gasteiger partial charge in [-0.1, -0.05) is 29.8 Å². The van der Waals surface area contributed by atoms with E-state index in [0.29, 0.717) is 0 Å². The largest absolute Gasteiger partial charge is 0.260 e. The second-order valence-electron chi connectivity index (χ2n) is 5.78. The maximum Gasteiger partial charge on any atom is 0.214 e. The van der Waals surface area contributed by atoms with E-state index in [1.54, 1.807) is 0 Å². The standard InChI is InChI=1S/C18H21N3/c1-13-6-4-7-15(12-13)8-5-9-16-18-14(2)21(3)20-17(18)10-11-19-16/h4,6-7,10-12H,5,8-9H2,1-3H3/p+1. The van der Waals surface area contributed by atoms with Crippen LogP contribution in [-0.2, 0) is 19.9 Å². The first kappa shape index (κ1) is 13.8. The summed E-state index contributed by atoms with van der Waals surface area (Å²) in [5.41, 5.74) is 6.38. The van der Waals surface area contributed by atoms with Gasteiger partial charge in [0.25, 0.3) is 0 Å². The number of nitrogens with zero attached hydrogens (tertiary/aromatic N) is 2. The molecule has 1 aromatic carbocycles. The lowest BCUT2D eigenvalue weighted by atomic mass is 10.0. The quantitative estimate of drug-likeness (QED) is 0.731. The fourth-order valence-electron chi connectivity index (χ4n) is 2.95. The topological polar surface area (TPSA) is 32.6 Å². The number of benzene rings is 1. The van der Waals surface area contributed by atoms with E-state index < -0.39 is 0 Å². The second kappa shape index (κ2) is 5.68. The molecule has 108 valence electrons. The van der Waals surface area contributed by atoms with Crippen molar-refractivity contribution in [1.82, 2.24) is 10.1 Å². The average molecular weight is 280 g/mol. The molecule has 0 aliphatic carbocycles. The molecule has 3 rings (SSSR count). The lowest BCUT2D eigenvalue weighted by molar-refractivity contribution is -0.730. The predicted molar refractivity (Wildman–Crippen MR) is 85.2 cm³/mol. The summed E-state index contributed by atoms with van der Waals surface area (Å²) in [6, 6.07) is 10.8. The minimum absolute atomic E-state index is 1.02. The summed E-state index contributed by atoms with van der Waals surface area (Å²) < 4.78 is 2.07. The molecule has 3 aromatic rings. The van der Waals surface area contributed by atoms with Gasteiger partial charge < -0.3 is 0 Å². The highest BCUT2D eigenvalue weighted by Crippen LogP contribution is 2.19. The van der Waals surface area contributed by atoms with Gasteiger partial charge in [-0.25, -0.2) is 0 Å². The van der Waals surface area contributed by atoms with Crippen molar-refractivity contribution in [2.75, 3.05) is 0 Å². The maximum atomic E-state index is 4.60. The van der Waals surface area contributed by atoms with E-state index >= 15 is 0 Å². The maximum absolute atomic E-state index is 4.60. The van der Waals surface area contributed by atoms with Gasteiger partial charge in [0.05, 0.1) is 11.1 Å². The van der Waals surface area contributed by atoms with E-state index in [1.807, 2.05) is 19.3 Å². The fourth-order valence-corrected chi connectivity index (χ4v) is 2.95. The van der Waals surface area contributed by atoms with Crippen LogP contribution in [0.15, 0.2) is 36.5 Å². The molecular weight excluding hydrogens is 258 g/mol. The summed E-state index contributed by atoms with van der Waals surface area (Å²) in [6.45, 7) is 4.29. The number of nitrogens with one attached hydrogen (secondary N) is 1. The highest BCUT2D eigenvalue weighted by atomic mass is 15.3. The molecule has 2 aromatic heterocycles. The van der Waals surface area contributed by atoms with Crippen molar-refractivity contribution < 1.29 is 4.68 Å². The number of fused-ring (bicyclic) bond motifs is 1. The number of aromatic nitrogens is 3. The molecule has 0 aliphatic rings. The third kappa shape index (κ3) is 2.82. The van der Waals surface area contributed by atoms with Gasteiger partial charge >= 0.3 is 0 Å². The van der Waals surface area contributed by atoms with Crippen molar-refractivity contribution in [3.8, 4) is 0 Å². The molecule has 2 heterocycles. The third-order valence-electron chi connectivity index (χ3n) is 4.14. The molecule has 0 spiro atoms. The molecule has 0 aliphatic heterocycles. The first-order chi connectivity index (χ1) is 10.1. The number of H-pyrrole nitrogens is 1. The van der Waals surface area contributed by atoms with Gasteiger partial charge in [0.1, 0.15) is 5.52 Å². The summed E-state index contributed by atoms with van der Waals surface area (Å²) in [4.78, 5) is 4.60. The fraction of sp³-hybridized carbons (Fsp3) is 0.333. The summed E-state index contributed by atoms with van der Waals surface area (Å²) in [5, 5.41) is 4.64. The number of aromatic amines is 1. The summed E-state index contributed by atoms with van der Waals surface area (Å²) in [7, 11) is 2.05. The van der Waals surface area contributed by atoms with Crippen LogP contribution < -0.4 is 4.68 Å². The molecule has 3 heteroatoms. The Morgan fingerprint density at radius 3 is 2.81 bits per heavy atom. The van der Waals surface area contributed by atoms with Crippen LogP contribution in [0.4, 0.5) is 0 Å². The molecule has 21 heavy (non-hydrogen) atoms. The Hall–Kier alpha value is -2.16. The number of hydrogen-bond donors (Lipinski definition) is 1. The molecular formula is C18H22N3+. The van der Waals surface area contributed by atoms with Gasteiger partial charge in [0, 0.05) is 13.1 Å². The van der Waals surface area contributed by atoms with Crippen molar-refractivity contribution in [3.63, 3.8) is 0 Å². The van der Waals surface area contributed by atoms with Crippen LogP contribution in [0.2, 0.25) is 0 Å². The zero-order valence-corrected chi connectivity index (χ0v) is 13.0. The first-order valence-corrected chi connectivity index (χ1v) is 7.53. The molecule has 0 saturated heterocycles. The van der Waals surface area contributed by atoms with E-state index in [9.17, 15) is 0 Å². The van der Waals surface area contributed by atoms with E-state index in [0.717, 1.165) is 19.3 Å². The molecule has 1 N–H and O–H groups in total. The normalized spacial score (nSPS) is 11.2. The van der Waals surface area contributed by atoms with Gasteiger partial charge in [-0.15, -0.1) is 4.68 Å². The molecule has 0 amide bonds. The molecule has 0 unspecified atom stereocenters. The molecule has 0 fully saturated rings. The molecule has 0 saturated carbocycles. The van der Waals surface area contributed by atoms with Crippen LogP contribution in [0.25, 0.3) is 10.9 Å². The van der Waals surface area contributed by atoms with Crippen LogP contribution >= 0.6 is 0 Å². The zero-order valence-electron chi connectivity index (χ0n) is 13.0. The molecule has 0 bridgehead atoms. The highest BCUT2D eigenvalue weighted by Gasteiger charge is 2.15. The van der Waals surface area contributed by atoms with Crippen LogP contribution in [-0.4, -0.2) is 10.1 Å². The van der Waals surface area contributed by atoms with Gasteiger partial charge in [-0.3, -0.25) is 4.98 Å². The Labute approximate surface area is 125 Å². The molecule has 0 atom stereocenters. The van der Waals surface area contributed by atoms with Crippen molar-refractivity contribution in [2.24, 2.45) is 7.05 Å². The van der Waals surface area contributed by atoms with E-state index in [-0.39, 0.29) is 0 Å². The predicted octanol–water partition coefficient (Wildman–Crippen LogP) is 3.18. The molecule has 0 radical (unpaired) electrons. The third-order valence-corrected chi connectivity index (χ3v) is 4.14. The summed E-state index contributed by atoms with van der Waals surface area (Å²) in [6.07, 6.45) is 5.16. The van der Waals surface area contributed by atoms with Crippen LogP contribution in [0, 0.1) is 13.8 Å². The zero-order chi connectivity index (χ0) is 14.8. The average Bonchev–Trinajstić information content (AvgIpc) is 2.75. The van der Waals surface area contributed by atoms with E-state index in [1.165, 1.54) is 33.4 Å². The summed E-state index contributed by atoms with van der Waals surface area (Å²) >= 11 is 0. The van der Waals surface area contributed by atoms with Crippen molar-refractivity contribution in [2.45, 2.75) is 33.1 Å². The highest BCUT2D eigenvalue weighted by molar-refractivity contribution is 5.81. The minimum Gasteiger partial charge on any atom is -0.260 e. The first-order valence-electron chi connectivity index (χ1n) is 7.53. The second-order valence-corrected chi connectivity index (χ2v) is 5.78. The van der Waals surface area contributed by atoms with Gasteiger partial charge in [0.15, 0.2) is 7.05 Å². The number of pyridine rings is 1. The lowest BCUT2D eigenvalue weighted by Crippen LogP contribution is -2.32.